The summed E-state index contributed by atoms with van der Waals surface area (Å²) in [7, 11) is 0. The number of piperidine rings is 1. The predicted octanol–water partition coefficient (Wildman–Crippen LogP) is 1.95. The number of nitrogens with two attached hydrogens (primary N) is 1. The van der Waals surface area contributed by atoms with Crippen LogP contribution in [0.25, 0.3) is 0 Å². The lowest BCUT2D eigenvalue weighted by molar-refractivity contribution is 0.240. The molecule has 2 aliphatic heterocycles. The van der Waals surface area contributed by atoms with Crippen molar-refractivity contribution in [3.63, 3.8) is 0 Å². The summed E-state index contributed by atoms with van der Waals surface area (Å²) in [4.78, 5) is 6.77. The zero-order chi connectivity index (χ0) is 13.5. The fourth-order valence-electron chi connectivity index (χ4n) is 3.21. The Balaban J connectivity index is 2.06. The van der Waals surface area contributed by atoms with Gasteiger partial charge in [-0.15, -0.1) is 0 Å². The Morgan fingerprint density at radius 1 is 1.47 bits per heavy atom. The molecule has 2 atom stereocenters. The Hall–Kier alpha value is -1.07. The van der Waals surface area contributed by atoms with E-state index in [0.717, 1.165) is 36.2 Å². The maximum Gasteiger partial charge on any atom is 0.196 e. The van der Waals surface area contributed by atoms with Crippen LogP contribution in [0.5, 0.6) is 0 Å². The maximum atomic E-state index is 6.18. The molecule has 19 heavy (non-hydrogen) atoms. The summed E-state index contributed by atoms with van der Waals surface area (Å²) in [6, 6.07) is 8.23. The van der Waals surface area contributed by atoms with Gasteiger partial charge in [0.2, 0.25) is 0 Å². The molecule has 3 N–H and O–H groups in total. The van der Waals surface area contributed by atoms with Crippen LogP contribution in [0.4, 0.5) is 5.69 Å². The molecule has 2 aliphatic rings. The average Bonchev–Trinajstić information content (AvgIpc) is 2.73. The summed E-state index contributed by atoms with van der Waals surface area (Å²) in [6.07, 6.45) is 1.07. The van der Waals surface area contributed by atoms with E-state index in [2.05, 4.69) is 50.2 Å². The second-order valence-electron chi connectivity index (χ2n) is 5.42. The number of anilines is 1. The minimum atomic E-state index is 0.0270. The molecule has 1 spiro atoms. The van der Waals surface area contributed by atoms with Gasteiger partial charge < -0.3 is 16.0 Å². The van der Waals surface area contributed by atoms with Gasteiger partial charge >= 0.3 is 0 Å². The highest BCUT2D eigenvalue weighted by molar-refractivity contribution is 9.10. The monoisotopic (exact) mass is 322 g/mol. The summed E-state index contributed by atoms with van der Waals surface area (Å²) < 4.78 is 1.07. The Bertz CT molecular complexity index is 516. The highest BCUT2D eigenvalue weighted by atomic mass is 79.9. The second kappa shape index (κ2) is 4.80. The van der Waals surface area contributed by atoms with Gasteiger partial charge in [-0.2, -0.15) is 0 Å². The molecular weight excluding hydrogens is 304 g/mol. The maximum absolute atomic E-state index is 6.18. The molecule has 0 aromatic heterocycles. The van der Waals surface area contributed by atoms with Gasteiger partial charge in [0.25, 0.3) is 0 Å². The highest BCUT2D eigenvalue weighted by Crippen LogP contribution is 2.40. The number of nitrogens with zero attached hydrogens (tertiary/aromatic N) is 2. The van der Waals surface area contributed by atoms with Crippen molar-refractivity contribution in [3.05, 3.63) is 28.7 Å². The molecule has 0 aliphatic carbocycles. The number of hydrogen-bond donors (Lipinski definition) is 2. The van der Waals surface area contributed by atoms with Crippen LogP contribution in [-0.2, 0) is 0 Å². The van der Waals surface area contributed by atoms with E-state index in [1.807, 2.05) is 12.1 Å². The third-order valence-electron chi connectivity index (χ3n) is 4.39. The van der Waals surface area contributed by atoms with Crippen molar-refractivity contribution in [2.24, 2.45) is 16.6 Å². The van der Waals surface area contributed by atoms with Crippen LogP contribution in [0.3, 0.4) is 0 Å². The van der Waals surface area contributed by atoms with Gasteiger partial charge in [0.1, 0.15) is 0 Å². The first-order valence-electron chi connectivity index (χ1n) is 6.70. The van der Waals surface area contributed by atoms with Crippen LogP contribution < -0.4 is 16.0 Å². The minimum absolute atomic E-state index is 0.0270. The molecular formula is C14H19BrN4. The summed E-state index contributed by atoms with van der Waals surface area (Å²) >= 11 is 3.64. The molecule has 5 heteroatoms. The molecule has 0 bridgehead atoms. The van der Waals surface area contributed by atoms with Crippen molar-refractivity contribution in [3.8, 4) is 0 Å². The van der Waals surface area contributed by atoms with Gasteiger partial charge in [-0.05, 0) is 46.9 Å². The van der Waals surface area contributed by atoms with Gasteiger partial charge in [0.15, 0.2) is 5.96 Å². The first-order chi connectivity index (χ1) is 9.15. The van der Waals surface area contributed by atoms with Crippen molar-refractivity contribution in [1.82, 2.24) is 5.32 Å². The largest absolute Gasteiger partial charge is 0.369 e. The van der Waals surface area contributed by atoms with Crippen LogP contribution in [0.1, 0.15) is 13.3 Å². The first-order valence-corrected chi connectivity index (χ1v) is 7.50. The van der Waals surface area contributed by atoms with Crippen molar-refractivity contribution < 1.29 is 0 Å². The number of benzene rings is 1. The molecule has 102 valence electrons. The number of aliphatic imine (C=N–C) groups is 1. The molecule has 2 unspecified atom stereocenters. The number of guanidine groups is 1. The van der Waals surface area contributed by atoms with E-state index in [-0.39, 0.29) is 5.54 Å². The quantitative estimate of drug-likeness (QED) is 0.831. The average molecular weight is 323 g/mol. The summed E-state index contributed by atoms with van der Waals surface area (Å²) in [6.45, 7) is 5.12. The molecule has 0 saturated carbocycles. The number of hydrogen-bond acceptors (Lipinski definition) is 4. The lowest BCUT2D eigenvalue weighted by Crippen LogP contribution is -2.61. The molecule has 0 amide bonds. The van der Waals surface area contributed by atoms with Crippen LogP contribution >= 0.6 is 15.9 Å². The zero-order valence-electron chi connectivity index (χ0n) is 11.1. The summed E-state index contributed by atoms with van der Waals surface area (Å²) in [5.41, 5.74) is 7.33. The fourth-order valence-corrected chi connectivity index (χ4v) is 3.67. The lowest BCUT2D eigenvalue weighted by Gasteiger charge is -2.46. The van der Waals surface area contributed by atoms with Crippen molar-refractivity contribution in [2.75, 3.05) is 24.5 Å². The van der Waals surface area contributed by atoms with E-state index in [9.17, 15) is 0 Å². The van der Waals surface area contributed by atoms with E-state index in [4.69, 9.17) is 5.73 Å². The van der Waals surface area contributed by atoms with Gasteiger partial charge in [0.05, 0.1) is 17.8 Å². The molecule has 0 radical (unpaired) electrons. The van der Waals surface area contributed by atoms with Crippen LogP contribution in [0, 0.1) is 5.92 Å². The Kier molecular flexibility index (Phi) is 3.27. The number of rotatable bonds is 1. The fraction of sp³-hybridized carbons (Fsp3) is 0.500. The van der Waals surface area contributed by atoms with Crippen LogP contribution in [0.15, 0.2) is 33.7 Å². The van der Waals surface area contributed by atoms with Crippen molar-refractivity contribution >= 4 is 27.6 Å². The molecule has 4 nitrogen and oxygen atoms in total. The Labute approximate surface area is 122 Å². The molecule has 1 aromatic carbocycles. The smallest absolute Gasteiger partial charge is 0.196 e. The van der Waals surface area contributed by atoms with Gasteiger partial charge in [-0.1, -0.05) is 19.1 Å². The van der Waals surface area contributed by atoms with Crippen molar-refractivity contribution in [2.45, 2.75) is 18.9 Å². The number of halogens is 1. The van der Waals surface area contributed by atoms with Crippen LogP contribution in [0.2, 0.25) is 0 Å². The van der Waals surface area contributed by atoms with E-state index in [0.29, 0.717) is 11.9 Å². The van der Waals surface area contributed by atoms with Gasteiger partial charge in [-0.25, -0.2) is 0 Å². The predicted molar refractivity (Wildman–Crippen MR) is 82.5 cm³/mol. The number of nitrogens with one attached hydrogen (secondary N) is 1. The first kappa shape index (κ1) is 12.9. The normalized spacial score (nSPS) is 30.7. The molecule has 1 saturated heterocycles. The third kappa shape index (κ3) is 1.96. The molecule has 1 aromatic rings. The zero-order valence-corrected chi connectivity index (χ0v) is 12.7. The summed E-state index contributed by atoms with van der Waals surface area (Å²) in [5.74, 6) is 1.15. The topological polar surface area (TPSA) is 53.6 Å². The Morgan fingerprint density at radius 3 is 3.00 bits per heavy atom. The van der Waals surface area contributed by atoms with Crippen LogP contribution in [-0.4, -0.2) is 31.1 Å². The van der Waals surface area contributed by atoms with Gasteiger partial charge in [-0.3, -0.25) is 4.99 Å². The third-order valence-corrected chi connectivity index (χ3v) is 5.06. The van der Waals surface area contributed by atoms with E-state index in [1.165, 1.54) is 0 Å². The summed E-state index contributed by atoms with van der Waals surface area (Å²) in [5, 5.41) is 3.46. The lowest BCUT2D eigenvalue weighted by atomic mass is 9.78. The van der Waals surface area contributed by atoms with Gasteiger partial charge in [0, 0.05) is 11.0 Å². The Morgan fingerprint density at radius 2 is 2.26 bits per heavy atom. The van der Waals surface area contributed by atoms with E-state index in [1.54, 1.807) is 0 Å². The second-order valence-corrected chi connectivity index (χ2v) is 6.27. The van der Waals surface area contributed by atoms with Crippen molar-refractivity contribution in [1.29, 1.82) is 0 Å². The molecule has 3 rings (SSSR count). The molecule has 1 fully saturated rings. The van der Waals surface area contributed by atoms with E-state index >= 15 is 0 Å². The number of para-hydroxylation sites is 1. The minimum Gasteiger partial charge on any atom is -0.369 e. The van der Waals surface area contributed by atoms with E-state index < -0.39 is 0 Å². The molecule has 2 heterocycles. The highest BCUT2D eigenvalue weighted by Gasteiger charge is 2.48. The standard InChI is InChI=1S/C14H19BrN4/c1-10-8-17-7-6-14(10)9-18-13(16)19(14)12-5-3-2-4-11(12)15/h2-5,10,17H,6-9H2,1H3,(H2,16,18). The SMILES string of the molecule is CC1CNCCC12CN=C(N)N2c1ccccc1Br.